The maximum absolute atomic E-state index is 13.0. The van der Waals surface area contributed by atoms with Gasteiger partial charge in [0.2, 0.25) is 5.78 Å². The molecule has 3 rings (SSSR count). The molecule has 0 amide bonds. The Hall–Kier alpha value is -3.68. The van der Waals surface area contributed by atoms with Crippen molar-refractivity contribution >= 4 is 29.0 Å². The first-order valence-electron chi connectivity index (χ1n) is 10.1. The number of esters is 2. The molecule has 2 heterocycles. The van der Waals surface area contributed by atoms with E-state index in [0.717, 1.165) is 11.3 Å². The third-order valence-electron chi connectivity index (χ3n) is 5.54. The lowest BCUT2D eigenvalue weighted by Gasteiger charge is -2.24. The molecule has 168 valence electrons. The van der Waals surface area contributed by atoms with Gasteiger partial charge in [0.05, 0.1) is 33.8 Å². The summed E-state index contributed by atoms with van der Waals surface area (Å²) in [6.07, 6.45) is 0. The van der Waals surface area contributed by atoms with Crippen LogP contribution in [0.3, 0.4) is 0 Å². The highest BCUT2D eigenvalue weighted by molar-refractivity contribution is 6.39. The molecule has 0 bridgehead atoms. The Kier molecular flexibility index (Phi) is 6.07. The molecule has 0 fully saturated rings. The van der Waals surface area contributed by atoms with Crippen LogP contribution in [0.25, 0.3) is 5.57 Å². The number of aryl methyl sites for hydroxylation is 2. The summed E-state index contributed by atoms with van der Waals surface area (Å²) in [7, 11) is 1.83. The number of aliphatic imine (C=N–C) groups is 1. The van der Waals surface area contributed by atoms with E-state index in [1.54, 1.807) is 13.8 Å². The van der Waals surface area contributed by atoms with Crippen LogP contribution in [0, 0.1) is 13.8 Å². The van der Waals surface area contributed by atoms with Gasteiger partial charge >= 0.3 is 11.9 Å². The lowest BCUT2D eigenvalue weighted by Crippen LogP contribution is -2.25. The number of aliphatic hydroxyl groups is 1. The van der Waals surface area contributed by atoms with Crippen molar-refractivity contribution in [1.82, 2.24) is 4.57 Å². The van der Waals surface area contributed by atoms with E-state index in [0.29, 0.717) is 17.0 Å². The first kappa shape index (κ1) is 23.0. The van der Waals surface area contributed by atoms with Crippen LogP contribution in [-0.2, 0) is 30.9 Å². The second-order valence-corrected chi connectivity index (χ2v) is 7.90. The summed E-state index contributed by atoms with van der Waals surface area (Å²) in [5.41, 5.74) is 4.42. The van der Waals surface area contributed by atoms with Gasteiger partial charge in [0, 0.05) is 18.3 Å². The van der Waals surface area contributed by atoms with E-state index in [4.69, 9.17) is 9.47 Å². The number of hydrogen-bond donors (Lipinski definition) is 1. The average molecular weight is 438 g/mol. The van der Waals surface area contributed by atoms with Gasteiger partial charge in [-0.15, -0.1) is 0 Å². The van der Waals surface area contributed by atoms with E-state index in [2.05, 4.69) is 11.6 Å². The van der Waals surface area contributed by atoms with Gasteiger partial charge in [-0.2, -0.15) is 0 Å². The minimum atomic E-state index is -0.643. The van der Waals surface area contributed by atoms with E-state index in [9.17, 15) is 19.5 Å². The van der Waals surface area contributed by atoms with E-state index in [1.165, 1.54) is 6.92 Å². The molecular weight excluding hydrogens is 412 g/mol. The summed E-state index contributed by atoms with van der Waals surface area (Å²) in [5.74, 6) is -1.66. The van der Waals surface area contributed by atoms with Crippen molar-refractivity contribution in [2.75, 3.05) is 13.2 Å². The first-order chi connectivity index (χ1) is 15.0. The molecule has 0 saturated heterocycles. The fourth-order valence-electron chi connectivity index (χ4n) is 3.83. The Morgan fingerprint density at radius 3 is 2.28 bits per heavy atom. The molecular formula is C24H26N2O6. The molecule has 0 radical (unpaired) electrons. The van der Waals surface area contributed by atoms with Crippen LogP contribution >= 0.6 is 0 Å². The molecule has 1 aliphatic carbocycles. The third-order valence-corrected chi connectivity index (χ3v) is 5.54. The van der Waals surface area contributed by atoms with Gasteiger partial charge in [-0.05, 0) is 51.8 Å². The summed E-state index contributed by atoms with van der Waals surface area (Å²) in [5, 5.41) is 10.7. The number of hydrogen-bond acceptors (Lipinski definition) is 7. The molecule has 1 aliphatic heterocycles. The number of rotatable bonds is 6. The minimum absolute atomic E-state index is 0.0910. The maximum atomic E-state index is 13.0. The Bertz CT molecular complexity index is 1200. The summed E-state index contributed by atoms with van der Waals surface area (Å²) in [6, 6.07) is 1.94. The minimum Gasteiger partial charge on any atom is -0.506 e. The van der Waals surface area contributed by atoms with Crippen molar-refractivity contribution < 1.29 is 29.0 Å². The molecule has 8 heteroatoms. The van der Waals surface area contributed by atoms with Crippen LogP contribution in [0.15, 0.2) is 51.4 Å². The van der Waals surface area contributed by atoms with Crippen molar-refractivity contribution in [3.8, 4) is 0 Å². The molecule has 2 aliphatic rings. The SMILES string of the molecule is C=C(C)C(=O)OCCOC(=O)C1=C(C)/C(=C2\C(=O)C(c3c(C)cc(C)n3C)=C2O)N=C1C. The maximum Gasteiger partial charge on any atom is 0.340 e. The summed E-state index contributed by atoms with van der Waals surface area (Å²) >= 11 is 0. The van der Waals surface area contributed by atoms with Gasteiger partial charge in [-0.25, -0.2) is 9.59 Å². The van der Waals surface area contributed by atoms with Crippen molar-refractivity contribution in [2.24, 2.45) is 12.0 Å². The summed E-state index contributed by atoms with van der Waals surface area (Å²) in [6.45, 7) is 11.8. The molecule has 0 spiro atoms. The van der Waals surface area contributed by atoms with Crippen LogP contribution in [0.5, 0.6) is 0 Å². The number of nitrogens with zero attached hydrogens (tertiary/aromatic N) is 2. The first-order valence-corrected chi connectivity index (χ1v) is 10.1. The largest absolute Gasteiger partial charge is 0.506 e. The smallest absolute Gasteiger partial charge is 0.340 e. The van der Waals surface area contributed by atoms with Crippen molar-refractivity contribution in [2.45, 2.75) is 34.6 Å². The topological polar surface area (TPSA) is 107 Å². The zero-order chi connectivity index (χ0) is 23.9. The fraction of sp³-hybridized carbons (Fsp3) is 0.333. The van der Waals surface area contributed by atoms with Crippen molar-refractivity contribution in [1.29, 1.82) is 0 Å². The number of ketones is 1. The highest BCUT2D eigenvalue weighted by Gasteiger charge is 2.41. The van der Waals surface area contributed by atoms with Gasteiger partial charge < -0.3 is 19.1 Å². The van der Waals surface area contributed by atoms with Gasteiger partial charge in [0.1, 0.15) is 19.0 Å². The third kappa shape index (κ3) is 3.72. The van der Waals surface area contributed by atoms with Crippen molar-refractivity contribution in [3.63, 3.8) is 0 Å². The Morgan fingerprint density at radius 1 is 1.12 bits per heavy atom. The molecule has 32 heavy (non-hydrogen) atoms. The van der Waals surface area contributed by atoms with E-state index in [1.807, 2.05) is 31.5 Å². The van der Waals surface area contributed by atoms with Gasteiger partial charge in [-0.3, -0.25) is 9.79 Å². The number of aromatic nitrogens is 1. The Labute approximate surface area is 186 Å². The monoisotopic (exact) mass is 438 g/mol. The van der Waals surface area contributed by atoms with E-state index < -0.39 is 11.9 Å². The summed E-state index contributed by atoms with van der Waals surface area (Å²) in [4.78, 5) is 41.3. The van der Waals surface area contributed by atoms with Crippen LogP contribution < -0.4 is 0 Å². The molecule has 1 aromatic heterocycles. The number of ether oxygens (including phenoxy) is 2. The predicted molar refractivity (Wildman–Crippen MR) is 119 cm³/mol. The molecule has 0 atom stereocenters. The highest BCUT2D eigenvalue weighted by atomic mass is 16.6. The number of Topliss-reactive ketones (excluding diaryl/α,β-unsaturated/α-hetero) is 1. The van der Waals surface area contributed by atoms with E-state index >= 15 is 0 Å². The van der Waals surface area contributed by atoms with Gasteiger partial charge in [0.25, 0.3) is 0 Å². The van der Waals surface area contributed by atoms with Crippen LogP contribution in [0.1, 0.15) is 37.7 Å². The van der Waals surface area contributed by atoms with Crippen molar-refractivity contribution in [3.05, 3.63) is 63.3 Å². The van der Waals surface area contributed by atoms with Gasteiger partial charge in [-0.1, -0.05) is 6.58 Å². The predicted octanol–water partition coefficient (Wildman–Crippen LogP) is 3.20. The quantitative estimate of drug-likeness (QED) is 0.415. The normalized spacial score (nSPS) is 18.1. The number of carbonyl (C=O) groups excluding carboxylic acids is 3. The Morgan fingerprint density at radius 2 is 1.75 bits per heavy atom. The molecule has 0 saturated carbocycles. The Balaban J connectivity index is 1.85. The number of aliphatic hydroxyl groups excluding tert-OH is 1. The molecule has 0 unspecified atom stereocenters. The van der Waals surface area contributed by atoms with E-state index in [-0.39, 0.29) is 52.7 Å². The standard InChI is InChI=1S/C24H26N2O6/c1-11(2)23(29)31-8-9-32-24(30)16-14(5)19(25-15(16)6)17-21(27)18(22(17)28)20-12(3)10-13(4)26(20)7/h10,27H,1,8-9H2,2-7H3/b19-17+. The lowest BCUT2D eigenvalue weighted by molar-refractivity contribution is -0.147. The fourth-order valence-corrected chi connectivity index (χ4v) is 3.83. The molecule has 0 aromatic carbocycles. The van der Waals surface area contributed by atoms with Crippen LogP contribution in [-0.4, -0.2) is 46.3 Å². The highest BCUT2D eigenvalue weighted by Crippen LogP contribution is 2.43. The lowest BCUT2D eigenvalue weighted by atomic mass is 9.82. The summed E-state index contributed by atoms with van der Waals surface area (Å²) < 4.78 is 11.9. The molecule has 8 nitrogen and oxygen atoms in total. The number of carbonyl (C=O) groups is 3. The zero-order valence-corrected chi connectivity index (χ0v) is 19.1. The van der Waals surface area contributed by atoms with Gasteiger partial charge in [0.15, 0.2) is 0 Å². The van der Waals surface area contributed by atoms with Crippen LogP contribution in [0.2, 0.25) is 0 Å². The second kappa shape index (κ2) is 8.45. The zero-order valence-electron chi connectivity index (χ0n) is 19.1. The average Bonchev–Trinajstić information content (AvgIpc) is 3.14. The molecule has 1 N–H and O–H groups in total. The van der Waals surface area contributed by atoms with Crippen LogP contribution in [0.4, 0.5) is 0 Å². The molecule has 1 aromatic rings. The second-order valence-electron chi connectivity index (χ2n) is 7.90. The number of allylic oxidation sites excluding steroid dienone is 3.